The molecule has 0 aliphatic heterocycles. The SMILES string of the molecule is Cl.NCc1ccc(-c2ncnc3c2[nH]c2cc(F)cc(F)c23)cc1. The number of halogens is 3. The summed E-state index contributed by atoms with van der Waals surface area (Å²) in [7, 11) is 0. The van der Waals surface area contributed by atoms with Crippen LogP contribution in [0.25, 0.3) is 33.2 Å². The number of nitrogens with zero attached hydrogens (tertiary/aromatic N) is 2. The number of H-pyrrole nitrogens is 1. The Hall–Kier alpha value is -2.57. The molecule has 2 aromatic heterocycles. The predicted molar refractivity (Wildman–Crippen MR) is 91.9 cm³/mol. The van der Waals surface area contributed by atoms with Crippen LogP contribution in [0.15, 0.2) is 42.7 Å². The Morgan fingerprint density at radius 2 is 1.79 bits per heavy atom. The number of aromatic nitrogens is 3. The highest BCUT2D eigenvalue weighted by Crippen LogP contribution is 2.32. The Kier molecular flexibility index (Phi) is 4.17. The van der Waals surface area contributed by atoms with E-state index in [9.17, 15) is 8.78 Å². The number of rotatable bonds is 2. The first-order chi connectivity index (χ1) is 11.2. The summed E-state index contributed by atoms with van der Waals surface area (Å²) in [5, 5.41) is 0.267. The van der Waals surface area contributed by atoms with Gasteiger partial charge in [-0.2, -0.15) is 0 Å². The van der Waals surface area contributed by atoms with Gasteiger partial charge in [-0.25, -0.2) is 18.7 Å². The summed E-state index contributed by atoms with van der Waals surface area (Å²) in [6, 6.07) is 9.71. The molecule has 0 radical (unpaired) electrons. The molecular weight excluding hydrogens is 334 g/mol. The van der Waals surface area contributed by atoms with Crippen molar-refractivity contribution in [2.24, 2.45) is 5.73 Å². The van der Waals surface area contributed by atoms with E-state index in [4.69, 9.17) is 5.73 Å². The highest BCUT2D eigenvalue weighted by molar-refractivity contribution is 6.08. The van der Waals surface area contributed by atoms with E-state index < -0.39 is 11.6 Å². The van der Waals surface area contributed by atoms with Crippen molar-refractivity contribution in [3.8, 4) is 11.3 Å². The van der Waals surface area contributed by atoms with Crippen LogP contribution in [0.3, 0.4) is 0 Å². The Bertz CT molecular complexity index is 1030. The number of aromatic amines is 1. The second-order valence-corrected chi connectivity index (χ2v) is 5.28. The van der Waals surface area contributed by atoms with E-state index in [1.807, 2.05) is 24.3 Å². The van der Waals surface area contributed by atoms with Crippen molar-refractivity contribution in [2.45, 2.75) is 6.54 Å². The Morgan fingerprint density at radius 3 is 2.50 bits per heavy atom. The Labute approximate surface area is 142 Å². The van der Waals surface area contributed by atoms with Crippen LogP contribution in [0.2, 0.25) is 0 Å². The van der Waals surface area contributed by atoms with Gasteiger partial charge in [0.05, 0.1) is 22.1 Å². The molecule has 0 aliphatic rings. The van der Waals surface area contributed by atoms with Crippen LogP contribution in [0.4, 0.5) is 8.78 Å². The summed E-state index contributed by atoms with van der Waals surface area (Å²) in [5.74, 6) is -1.28. The fraction of sp³-hybridized carbons (Fsp3) is 0.0588. The van der Waals surface area contributed by atoms with Crippen LogP contribution >= 0.6 is 12.4 Å². The Balaban J connectivity index is 0.00000169. The quantitative estimate of drug-likeness (QED) is 0.577. The molecule has 4 rings (SSSR count). The number of hydrogen-bond acceptors (Lipinski definition) is 3. The molecule has 24 heavy (non-hydrogen) atoms. The van der Waals surface area contributed by atoms with Gasteiger partial charge in [0.2, 0.25) is 0 Å². The highest BCUT2D eigenvalue weighted by atomic mass is 35.5. The lowest BCUT2D eigenvalue weighted by Crippen LogP contribution is -1.95. The normalized spacial score (nSPS) is 11.0. The van der Waals surface area contributed by atoms with Gasteiger partial charge in [-0.05, 0) is 11.6 Å². The molecule has 122 valence electrons. The zero-order chi connectivity index (χ0) is 16.0. The average molecular weight is 347 g/mol. The van der Waals surface area contributed by atoms with Gasteiger partial charge in [-0.3, -0.25) is 0 Å². The van der Waals surface area contributed by atoms with Crippen LogP contribution in [0, 0.1) is 11.6 Å². The molecular formula is C17H13ClF2N4. The summed E-state index contributed by atoms with van der Waals surface area (Å²) in [5.41, 5.74) is 9.46. The molecule has 0 amide bonds. The van der Waals surface area contributed by atoms with Gasteiger partial charge in [0.25, 0.3) is 0 Å². The fourth-order valence-corrected chi connectivity index (χ4v) is 2.76. The van der Waals surface area contributed by atoms with Gasteiger partial charge in [-0.15, -0.1) is 12.4 Å². The second-order valence-electron chi connectivity index (χ2n) is 5.28. The molecule has 0 aliphatic carbocycles. The summed E-state index contributed by atoms with van der Waals surface area (Å²) in [6.07, 6.45) is 1.38. The van der Waals surface area contributed by atoms with Gasteiger partial charge in [-0.1, -0.05) is 24.3 Å². The van der Waals surface area contributed by atoms with Crippen molar-refractivity contribution in [1.82, 2.24) is 15.0 Å². The average Bonchev–Trinajstić information content (AvgIpc) is 2.93. The molecule has 3 N–H and O–H groups in total. The van der Waals surface area contributed by atoms with E-state index in [1.54, 1.807) is 0 Å². The standard InChI is InChI=1S/C17H12F2N4.ClH/c18-11-5-12(19)14-13(6-11)23-17-15(21-8-22-16(14)17)10-3-1-9(7-20)2-4-10;/h1-6,8,23H,7,20H2;1H. The summed E-state index contributed by atoms with van der Waals surface area (Å²) >= 11 is 0. The number of fused-ring (bicyclic) bond motifs is 3. The van der Waals surface area contributed by atoms with Crippen LogP contribution in [0.5, 0.6) is 0 Å². The number of nitrogens with two attached hydrogens (primary N) is 1. The first-order valence-electron chi connectivity index (χ1n) is 7.08. The Morgan fingerprint density at radius 1 is 1.04 bits per heavy atom. The highest BCUT2D eigenvalue weighted by Gasteiger charge is 2.16. The molecule has 4 nitrogen and oxygen atoms in total. The van der Waals surface area contributed by atoms with Gasteiger partial charge < -0.3 is 10.7 Å². The lowest BCUT2D eigenvalue weighted by atomic mass is 10.1. The lowest BCUT2D eigenvalue weighted by Gasteiger charge is -2.03. The van der Waals surface area contributed by atoms with Crippen molar-refractivity contribution in [2.75, 3.05) is 0 Å². The molecule has 0 saturated heterocycles. The lowest BCUT2D eigenvalue weighted by molar-refractivity contribution is 0.592. The molecule has 0 saturated carbocycles. The monoisotopic (exact) mass is 346 g/mol. The smallest absolute Gasteiger partial charge is 0.137 e. The topological polar surface area (TPSA) is 67.6 Å². The van der Waals surface area contributed by atoms with E-state index in [0.717, 1.165) is 17.2 Å². The molecule has 0 atom stereocenters. The van der Waals surface area contributed by atoms with Crippen molar-refractivity contribution in [1.29, 1.82) is 0 Å². The van der Waals surface area contributed by atoms with Crippen molar-refractivity contribution in [3.05, 3.63) is 59.9 Å². The number of benzene rings is 2. The van der Waals surface area contributed by atoms with E-state index in [-0.39, 0.29) is 17.8 Å². The third kappa shape index (κ3) is 2.50. The predicted octanol–water partition coefficient (Wildman–Crippen LogP) is 3.94. The van der Waals surface area contributed by atoms with Gasteiger partial charge >= 0.3 is 0 Å². The summed E-state index contributed by atoms with van der Waals surface area (Å²) in [4.78, 5) is 11.5. The fourth-order valence-electron chi connectivity index (χ4n) is 2.76. The summed E-state index contributed by atoms with van der Waals surface area (Å²) < 4.78 is 27.5. The van der Waals surface area contributed by atoms with Gasteiger partial charge in [0.15, 0.2) is 0 Å². The second kappa shape index (κ2) is 6.14. The summed E-state index contributed by atoms with van der Waals surface area (Å²) in [6.45, 7) is 0.455. The van der Waals surface area contributed by atoms with Crippen LogP contribution in [0.1, 0.15) is 5.56 Å². The zero-order valence-corrected chi connectivity index (χ0v) is 13.2. The van der Waals surface area contributed by atoms with Crippen molar-refractivity contribution in [3.63, 3.8) is 0 Å². The third-order valence-corrected chi connectivity index (χ3v) is 3.86. The molecule has 0 fully saturated rings. The molecule has 2 heterocycles. The van der Waals surface area contributed by atoms with E-state index in [1.165, 1.54) is 12.4 Å². The minimum atomic E-state index is -0.644. The minimum absolute atomic E-state index is 0. The molecule has 2 aromatic carbocycles. The number of nitrogens with one attached hydrogen (secondary N) is 1. The number of hydrogen-bond donors (Lipinski definition) is 2. The maximum atomic E-state index is 14.1. The van der Waals surface area contributed by atoms with Crippen molar-refractivity contribution >= 4 is 34.3 Å². The maximum Gasteiger partial charge on any atom is 0.137 e. The maximum absolute atomic E-state index is 14.1. The van der Waals surface area contributed by atoms with E-state index >= 15 is 0 Å². The molecule has 7 heteroatoms. The van der Waals surface area contributed by atoms with Gasteiger partial charge in [0.1, 0.15) is 23.5 Å². The first-order valence-corrected chi connectivity index (χ1v) is 7.08. The van der Waals surface area contributed by atoms with Crippen LogP contribution < -0.4 is 5.73 Å². The molecule has 0 unspecified atom stereocenters. The van der Waals surface area contributed by atoms with Crippen molar-refractivity contribution < 1.29 is 8.78 Å². The molecule has 0 spiro atoms. The minimum Gasteiger partial charge on any atom is -0.351 e. The first kappa shape index (κ1) is 16.3. The van der Waals surface area contributed by atoms with Gasteiger partial charge in [0, 0.05) is 18.2 Å². The molecule has 0 bridgehead atoms. The zero-order valence-electron chi connectivity index (χ0n) is 12.4. The largest absolute Gasteiger partial charge is 0.351 e. The van der Waals surface area contributed by atoms with Crippen LogP contribution in [-0.4, -0.2) is 15.0 Å². The van der Waals surface area contributed by atoms with E-state index in [2.05, 4.69) is 15.0 Å². The molecule has 4 aromatic rings. The van der Waals surface area contributed by atoms with Crippen LogP contribution in [-0.2, 0) is 6.54 Å². The van der Waals surface area contributed by atoms with E-state index in [0.29, 0.717) is 28.8 Å². The third-order valence-electron chi connectivity index (χ3n) is 3.86.